The van der Waals surface area contributed by atoms with E-state index in [2.05, 4.69) is 203 Å². The fourth-order valence-electron chi connectivity index (χ4n) is 9.04. The molecule has 0 fully saturated rings. The fourth-order valence-corrected chi connectivity index (χ4v) is 9.04. The van der Waals surface area contributed by atoms with E-state index in [4.69, 9.17) is 4.42 Å². The van der Waals surface area contributed by atoms with Gasteiger partial charge in [-0.15, -0.1) is 0 Å². The molecule has 0 spiro atoms. The minimum Gasteiger partial charge on any atom is -0.456 e. The van der Waals surface area contributed by atoms with Crippen molar-refractivity contribution in [3.05, 3.63) is 206 Å². The van der Waals surface area contributed by atoms with Crippen molar-refractivity contribution in [2.75, 3.05) is 0 Å². The highest BCUT2D eigenvalue weighted by atomic mass is 16.3. The monoisotopic (exact) mass is 742 g/mol. The Morgan fingerprint density at radius 1 is 0.259 bits per heavy atom. The standard InChI is InChI=1S/C54H34N2O.CH4/c1-6-16-49-43(11-1)44-12-2-7-17-50(44)55(49)41-26-21-35(22-27-41)38-31-39(33-40(32-38)37-25-30-48-47-15-5-10-20-53(47)57-54(48)34-37)36-23-28-42(29-24-36)56-51-18-8-3-13-45(51)46-14-4-9-19-52(46)56;/h1-34H;1H4. The Morgan fingerprint density at radius 2 is 0.603 bits per heavy atom. The summed E-state index contributed by atoms with van der Waals surface area (Å²) in [7, 11) is 0. The number of benzene rings is 9. The summed E-state index contributed by atoms with van der Waals surface area (Å²) in [6.45, 7) is 0. The molecule has 274 valence electrons. The van der Waals surface area contributed by atoms with Crippen molar-refractivity contribution >= 4 is 65.6 Å². The van der Waals surface area contributed by atoms with Gasteiger partial charge in [0.05, 0.1) is 22.1 Å². The first-order valence-electron chi connectivity index (χ1n) is 19.5. The van der Waals surface area contributed by atoms with E-state index in [9.17, 15) is 0 Å². The van der Waals surface area contributed by atoms with Gasteiger partial charge >= 0.3 is 0 Å². The lowest BCUT2D eigenvalue weighted by Gasteiger charge is -2.14. The number of aromatic nitrogens is 2. The zero-order valence-electron chi connectivity index (χ0n) is 30.9. The quantitative estimate of drug-likeness (QED) is 0.172. The van der Waals surface area contributed by atoms with E-state index in [-0.39, 0.29) is 7.43 Å². The van der Waals surface area contributed by atoms with E-state index in [1.807, 2.05) is 12.1 Å². The summed E-state index contributed by atoms with van der Waals surface area (Å²) >= 11 is 0. The number of hydrogen-bond donors (Lipinski definition) is 0. The summed E-state index contributed by atoms with van der Waals surface area (Å²) in [4.78, 5) is 0. The number of para-hydroxylation sites is 5. The molecule has 3 heteroatoms. The molecule has 0 aliphatic heterocycles. The maximum Gasteiger partial charge on any atom is 0.136 e. The molecule has 0 atom stereocenters. The van der Waals surface area contributed by atoms with Crippen LogP contribution in [0.25, 0.3) is 110 Å². The van der Waals surface area contributed by atoms with Crippen molar-refractivity contribution < 1.29 is 4.42 Å². The van der Waals surface area contributed by atoms with E-state index in [0.29, 0.717) is 0 Å². The Morgan fingerprint density at radius 3 is 1.05 bits per heavy atom. The summed E-state index contributed by atoms with van der Waals surface area (Å²) in [5, 5.41) is 7.33. The van der Waals surface area contributed by atoms with Gasteiger partial charge in [0.15, 0.2) is 0 Å². The molecule has 0 radical (unpaired) electrons. The lowest BCUT2D eigenvalue weighted by atomic mass is 9.93. The van der Waals surface area contributed by atoms with Crippen LogP contribution >= 0.6 is 0 Å². The molecule has 3 nitrogen and oxygen atoms in total. The Kier molecular flexibility index (Phi) is 7.70. The molecule has 0 aliphatic rings. The van der Waals surface area contributed by atoms with Gasteiger partial charge in [-0.3, -0.25) is 0 Å². The number of hydrogen-bond acceptors (Lipinski definition) is 1. The van der Waals surface area contributed by atoms with Crippen molar-refractivity contribution in [2.24, 2.45) is 0 Å². The van der Waals surface area contributed by atoms with E-state index in [0.717, 1.165) is 66.7 Å². The average Bonchev–Trinajstić information content (AvgIpc) is 3.94. The zero-order chi connectivity index (χ0) is 37.5. The Balaban J connectivity index is 0.00000385. The SMILES string of the molecule is C.c1ccc2c(c1)oc1cc(-c3cc(-c4ccc(-n5c6ccccc6c6ccccc65)cc4)cc(-c4ccc(-n5c6ccccc6c6ccccc65)cc4)c3)ccc12. The summed E-state index contributed by atoms with van der Waals surface area (Å²) in [5.74, 6) is 0. The average molecular weight is 743 g/mol. The van der Waals surface area contributed by atoms with Crippen LogP contribution in [-0.4, -0.2) is 9.13 Å². The molecule has 0 amide bonds. The highest BCUT2D eigenvalue weighted by Gasteiger charge is 2.15. The van der Waals surface area contributed by atoms with Crippen molar-refractivity contribution in [2.45, 2.75) is 7.43 Å². The first-order valence-corrected chi connectivity index (χ1v) is 19.5. The van der Waals surface area contributed by atoms with Crippen LogP contribution in [0, 0.1) is 0 Å². The summed E-state index contributed by atoms with van der Waals surface area (Å²) < 4.78 is 11.1. The van der Waals surface area contributed by atoms with Crippen LogP contribution in [0.3, 0.4) is 0 Å². The van der Waals surface area contributed by atoms with Crippen molar-refractivity contribution in [1.82, 2.24) is 9.13 Å². The van der Waals surface area contributed by atoms with Crippen molar-refractivity contribution in [3.8, 4) is 44.8 Å². The van der Waals surface area contributed by atoms with Crippen LogP contribution in [0.5, 0.6) is 0 Å². The predicted molar refractivity (Wildman–Crippen MR) is 245 cm³/mol. The summed E-state index contributed by atoms with van der Waals surface area (Å²) in [6, 6.07) is 74.6. The normalized spacial score (nSPS) is 11.7. The molecule has 0 unspecified atom stereocenters. The molecule has 58 heavy (non-hydrogen) atoms. The second-order valence-corrected chi connectivity index (χ2v) is 14.9. The van der Waals surface area contributed by atoms with Gasteiger partial charge in [-0.05, 0) is 118 Å². The smallest absolute Gasteiger partial charge is 0.136 e. The molecule has 3 heterocycles. The van der Waals surface area contributed by atoms with Gasteiger partial charge < -0.3 is 13.6 Å². The number of furan rings is 1. The van der Waals surface area contributed by atoms with Gasteiger partial charge in [-0.25, -0.2) is 0 Å². The van der Waals surface area contributed by atoms with E-state index < -0.39 is 0 Å². The predicted octanol–water partition coefficient (Wildman–Crippen LogP) is 15.4. The minimum absolute atomic E-state index is 0. The second kappa shape index (κ2) is 13.3. The molecule has 0 aliphatic carbocycles. The third-order valence-corrected chi connectivity index (χ3v) is 11.7. The highest BCUT2D eigenvalue weighted by Crippen LogP contribution is 2.39. The topological polar surface area (TPSA) is 23.0 Å². The van der Waals surface area contributed by atoms with Crippen LogP contribution < -0.4 is 0 Å². The third-order valence-electron chi connectivity index (χ3n) is 11.7. The maximum atomic E-state index is 6.36. The van der Waals surface area contributed by atoms with Gasteiger partial charge in [0.2, 0.25) is 0 Å². The molecule has 12 aromatic rings. The first-order chi connectivity index (χ1) is 28.2. The van der Waals surface area contributed by atoms with Crippen molar-refractivity contribution in [3.63, 3.8) is 0 Å². The van der Waals surface area contributed by atoms with E-state index in [1.165, 1.54) is 43.6 Å². The molecule has 0 bridgehead atoms. The molecule has 0 N–H and O–H groups in total. The Hall–Kier alpha value is -7.62. The van der Waals surface area contributed by atoms with Gasteiger partial charge in [-0.2, -0.15) is 0 Å². The van der Waals surface area contributed by atoms with Crippen LogP contribution in [0.1, 0.15) is 7.43 Å². The number of rotatable bonds is 5. The molecule has 0 saturated carbocycles. The highest BCUT2D eigenvalue weighted by molar-refractivity contribution is 6.10. The second-order valence-electron chi connectivity index (χ2n) is 14.9. The Bertz CT molecular complexity index is 3220. The van der Waals surface area contributed by atoms with Crippen LogP contribution in [0.4, 0.5) is 0 Å². The van der Waals surface area contributed by atoms with Crippen LogP contribution in [-0.2, 0) is 0 Å². The molecule has 3 aromatic heterocycles. The summed E-state index contributed by atoms with van der Waals surface area (Å²) in [5.41, 5.74) is 15.8. The number of fused-ring (bicyclic) bond motifs is 9. The molecule has 9 aromatic carbocycles. The molecular weight excluding hydrogens is 705 g/mol. The van der Waals surface area contributed by atoms with Crippen LogP contribution in [0.2, 0.25) is 0 Å². The minimum atomic E-state index is 0. The third kappa shape index (κ3) is 5.21. The number of nitrogens with zero attached hydrogens (tertiary/aromatic N) is 2. The van der Waals surface area contributed by atoms with Crippen molar-refractivity contribution in [1.29, 1.82) is 0 Å². The largest absolute Gasteiger partial charge is 0.456 e. The van der Waals surface area contributed by atoms with Crippen LogP contribution in [0.15, 0.2) is 211 Å². The fraction of sp³-hybridized carbons (Fsp3) is 0.0182. The van der Waals surface area contributed by atoms with E-state index in [1.54, 1.807) is 0 Å². The van der Waals surface area contributed by atoms with Gasteiger partial charge in [0.25, 0.3) is 0 Å². The first kappa shape index (κ1) is 33.7. The molecule has 12 rings (SSSR count). The summed E-state index contributed by atoms with van der Waals surface area (Å²) in [6.07, 6.45) is 0. The Labute approximate surface area is 336 Å². The molecule has 0 saturated heterocycles. The maximum absolute atomic E-state index is 6.36. The van der Waals surface area contributed by atoms with Gasteiger partial charge in [0, 0.05) is 43.7 Å². The lowest BCUT2D eigenvalue weighted by Crippen LogP contribution is -1.94. The zero-order valence-corrected chi connectivity index (χ0v) is 30.9. The molecular formula is C55H38N2O. The van der Waals surface area contributed by atoms with Gasteiger partial charge in [-0.1, -0.05) is 129 Å². The van der Waals surface area contributed by atoms with E-state index >= 15 is 0 Å². The van der Waals surface area contributed by atoms with Gasteiger partial charge in [0.1, 0.15) is 11.2 Å². The lowest BCUT2D eigenvalue weighted by molar-refractivity contribution is 0.669.